The van der Waals surface area contributed by atoms with Crippen LogP contribution >= 0.6 is 0 Å². The van der Waals surface area contributed by atoms with Crippen molar-refractivity contribution in [3.05, 3.63) is 24.3 Å². The van der Waals surface area contributed by atoms with Gasteiger partial charge in [0.05, 0.1) is 25.2 Å². The molecule has 20 heavy (non-hydrogen) atoms. The number of benzene rings is 1. The quantitative estimate of drug-likeness (QED) is 0.780. The molecular weight excluding hydrogens is 250 g/mol. The molecule has 2 unspecified atom stereocenters. The fourth-order valence-electron chi connectivity index (χ4n) is 3.01. The lowest BCUT2D eigenvalue weighted by molar-refractivity contribution is 0.239. The molecule has 1 aromatic rings. The molecule has 3 heteroatoms. The lowest BCUT2D eigenvalue weighted by atomic mass is 9.83. The van der Waals surface area contributed by atoms with Crippen molar-refractivity contribution in [2.45, 2.75) is 39.0 Å². The molecule has 3 nitrogen and oxygen atoms in total. The Morgan fingerprint density at radius 2 is 2.00 bits per heavy atom. The van der Waals surface area contributed by atoms with Crippen LogP contribution in [-0.2, 0) is 0 Å². The van der Waals surface area contributed by atoms with E-state index in [0.717, 1.165) is 36.7 Å². The molecule has 1 aromatic carbocycles. The summed E-state index contributed by atoms with van der Waals surface area (Å²) in [5, 5.41) is 9.47. The van der Waals surface area contributed by atoms with E-state index >= 15 is 0 Å². The van der Waals surface area contributed by atoms with Gasteiger partial charge in [-0.1, -0.05) is 13.3 Å². The van der Waals surface area contributed by atoms with Crippen molar-refractivity contribution in [3.8, 4) is 17.6 Å². The van der Waals surface area contributed by atoms with Crippen LogP contribution in [-0.4, -0.2) is 13.7 Å². The molecule has 0 saturated heterocycles. The fraction of sp³-hybridized carbons (Fsp3) is 0.588. The third-order valence-electron chi connectivity index (χ3n) is 4.43. The van der Waals surface area contributed by atoms with Crippen molar-refractivity contribution >= 4 is 0 Å². The normalized spacial score (nSPS) is 25.1. The first-order valence-electron chi connectivity index (χ1n) is 7.39. The van der Waals surface area contributed by atoms with Gasteiger partial charge in [-0.05, 0) is 49.4 Å². The molecule has 0 N–H and O–H groups in total. The maximum Gasteiger partial charge on any atom is 0.119 e. The van der Waals surface area contributed by atoms with Crippen LogP contribution < -0.4 is 9.47 Å². The number of hydrogen-bond donors (Lipinski definition) is 0. The van der Waals surface area contributed by atoms with E-state index in [-0.39, 0.29) is 5.41 Å². The molecule has 1 aliphatic rings. The summed E-state index contributed by atoms with van der Waals surface area (Å²) in [6, 6.07) is 10.1. The smallest absolute Gasteiger partial charge is 0.119 e. The van der Waals surface area contributed by atoms with E-state index in [1.165, 1.54) is 12.8 Å². The SMILES string of the molecule is CCC1CCC(C#N)(CCOc2ccc(OC)cc2)C1. The van der Waals surface area contributed by atoms with E-state index in [2.05, 4.69) is 13.0 Å². The van der Waals surface area contributed by atoms with E-state index in [1.54, 1.807) is 7.11 Å². The van der Waals surface area contributed by atoms with Gasteiger partial charge in [0, 0.05) is 6.42 Å². The Hall–Kier alpha value is -1.69. The second-order valence-electron chi connectivity index (χ2n) is 5.68. The number of nitrogens with zero attached hydrogens (tertiary/aromatic N) is 1. The van der Waals surface area contributed by atoms with Gasteiger partial charge < -0.3 is 9.47 Å². The van der Waals surface area contributed by atoms with Crippen molar-refractivity contribution in [1.29, 1.82) is 5.26 Å². The van der Waals surface area contributed by atoms with Crippen LogP contribution in [0.15, 0.2) is 24.3 Å². The van der Waals surface area contributed by atoms with Crippen LogP contribution in [0.4, 0.5) is 0 Å². The van der Waals surface area contributed by atoms with Crippen molar-refractivity contribution in [2.24, 2.45) is 11.3 Å². The van der Waals surface area contributed by atoms with E-state index in [1.807, 2.05) is 24.3 Å². The van der Waals surface area contributed by atoms with Crippen LogP contribution in [0.3, 0.4) is 0 Å². The van der Waals surface area contributed by atoms with Crippen molar-refractivity contribution in [2.75, 3.05) is 13.7 Å². The molecule has 0 aliphatic heterocycles. The van der Waals surface area contributed by atoms with Gasteiger partial charge in [0.15, 0.2) is 0 Å². The third-order valence-corrected chi connectivity index (χ3v) is 4.43. The zero-order chi connectivity index (χ0) is 14.4. The summed E-state index contributed by atoms with van der Waals surface area (Å²) in [7, 11) is 1.65. The second kappa shape index (κ2) is 6.65. The first-order chi connectivity index (χ1) is 9.71. The number of hydrogen-bond acceptors (Lipinski definition) is 3. The van der Waals surface area contributed by atoms with Crippen molar-refractivity contribution in [3.63, 3.8) is 0 Å². The highest BCUT2D eigenvalue weighted by Crippen LogP contribution is 2.45. The summed E-state index contributed by atoms with van der Waals surface area (Å²) in [5.74, 6) is 2.38. The molecule has 2 atom stereocenters. The molecule has 0 amide bonds. The minimum atomic E-state index is -0.160. The number of ether oxygens (including phenoxy) is 2. The van der Waals surface area contributed by atoms with Gasteiger partial charge in [-0.3, -0.25) is 0 Å². The first kappa shape index (κ1) is 14.7. The molecule has 0 aromatic heterocycles. The van der Waals surface area contributed by atoms with Crippen molar-refractivity contribution < 1.29 is 9.47 Å². The number of methoxy groups -OCH3 is 1. The van der Waals surface area contributed by atoms with E-state index in [4.69, 9.17) is 9.47 Å². The van der Waals surface area contributed by atoms with Gasteiger partial charge in [0.2, 0.25) is 0 Å². The molecule has 0 bridgehead atoms. The largest absolute Gasteiger partial charge is 0.497 e. The molecule has 1 fully saturated rings. The Morgan fingerprint density at radius 1 is 1.30 bits per heavy atom. The standard InChI is InChI=1S/C17H23NO2/c1-3-14-8-9-17(12-14,13-18)10-11-20-16-6-4-15(19-2)5-7-16/h4-7,14H,3,8-12H2,1-2H3. The van der Waals surface area contributed by atoms with Crippen molar-refractivity contribution in [1.82, 2.24) is 0 Å². The Kier molecular flexibility index (Phi) is 4.89. The Morgan fingerprint density at radius 3 is 2.55 bits per heavy atom. The molecule has 0 radical (unpaired) electrons. The summed E-state index contributed by atoms with van der Waals surface area (Å²) in [4.78, 5) is 0. The Labute approximate surface area is 121 Å². The highest BCUT2D eigenvalue weighted by atomic mass is 16.5. The molecule has 1 saturated carbocycles. The molecule has 2 rings (SSSR count). The molecule has 0 heterocycles. The summed E-state index contributed by atoms with van der Waals surface area (Å²) < 4.78 is 10.9. The minimum Gasteiger partial charge on any atom is -0.497 e. The van der Waals surface area contributed by atoms with Gasteiger partial charge in [-0.2, -0.15) is 5.26 Å². The second-order valence-corrected chi connectivity index (χ2v) is 5.68. The van der Waals surface area contributed by atoms with Crippen LogP contribution in [0.25, 0.3) is 0 Å². The van der Waals surface area contributed by atoms with Gasteiger partial charge >= 0.3 is 0 Å². The Bertz CT molecular complexity index is 463. The van der Waals surface area contributed by atoms with Crippen LogP contribution in [0.1, 0.15) is 39.0 Å². The maximum absolute atomic E-state index is 9.47. The Balaban J connectivity index is 1.84. The topological polar surface area (TPSA) is 42.2 Å². The predicted octanol–water partition coefficient (Wildman–Crippen LogP) is 4.18. The monoisotopic (exact) mass is 273 g/mol. The highest BCUT2D eigenvalue weighted by Gasteiger charge is 2.38. The minimum absolute atomic E-state index is 0.160. The summed E-state index contributed by atoms with van der Waals surface area (Å²) >= 11 is 0. The van der Waals surface area contributed by atoms with E-state index < -0.39 is 0 Å². The zero-order valence-electron chi connectivity index (χ0n) is 12.4. The first-order valence-corrected chi connectivity index (χ1v) is 7.39. The lowest BCUT2D eigenvalue weighted by Gasteiger charge is -2.21. The van der Waals surface area contributed by atoms with Gasteiger partial charge in [0.1, 0.15) is 11.5 Å². The van der Waals surface area contributed by atoms with E-state index in [9.17, 15) is 5.26 Å². The van der Waals surface area contributed by atoms with Gasteiger partial charge in [-0.25, -0.2) is 0 Å². The highest BCUT2D eigenvalue weighted by molar-refractivity contribution is 5.31. The van der Waals surface area contributed by atoms with Crippen LogP contribution in [0.2, 0.25) is 0 Å². The third kappa shape index (κ3) is 3.45. The van der Waals surface area contributed by atoms with Crippen LogP contribution in [0.5, 0.6) is 11.5 Å². The number of rotatable bonds is 6. The van der Waals surface area contributed by atoms with Gasteiger partial charge in [0.25, 0.3) is 0 Å². The number of nitriles is 1. The van der Waals surface area contributed by atoms with E-state index in [0.29, 0.717) is 6.61 Å². The molecule has 1 aliphatic carbocycles. The molecule has 0 spiro atoms. The molecule has 108 valence electrons. The maximum atomic E-state index is 9.47. The molecular formula is C17H23NO2. The average Bonchev–Trinajstić information content (AvgIpc) is 2.92. The summed E-state index contributed by atoms with van der Waals surface area (Å²) in [5.41, 5.74) is -0.160. The predicted molar refractivity (Wildman–Crippen MR) is 78.8 cm³/mol. The summed E-state index contributed by atoms with van der Waals surface area (Å²) in [6.45, 7) is 2.82. The summed E-state index contributed by atoms with van der Waals surface area (Å²) in [6.07, 6.45) is 5.25. The van der Waals surface area contributed by atoms with Gasteiger partial charge in [-0.15, -0.1) is 0 Å². The lowest BCUT2D eigenvalue weighted by Crippen LogP contribution is -2.18. The average molecular weight is 273 g/mol. The zero-order valence-corrected chi connectivity index (χ0v) is 12.4. The fourth-order valence-corrected chi connectivity index (χ4v) is 3.01. The van der Waals surface area contributed by atoms with Crippen LogP contribution in [0, 0.1) is 22.7 Å².